The second-order valence-electron chi connectivity index (χ2n) is 8.40. The van der Waals surface area contributed by atoms with Gasteiger partial charge in [0.05, 0.1) is 11.4 Å². The van der Waals surface area contributed by atoms with Gasteiger partial charge in [0.1, 0.15) is 6.04 Å². The van der Waals surface area contributed by atoms with Crippen molar-refractivity contribution in [3.63, 3.8) is 0 Å². The number of amides is 2. The van der Waals surface area contributed by atoms with E-state index in [1.165, 1.54) is 24.1 Å². The van der Waals surface area contributed by atoms with Crippen LogP contribution in [-0.4, -0.2) is 55.6 Å². The first-order chi connectivity index (χ1) is 16.5. The molecule has 1 atom stereocenters. The maximum Gasteiger partial charge on any atom is 0.243 e. The van der Waals surface area contributed by atoms with Gasteiger partial charge in [0.15, 0.2) is 0 Å². The molecule has 0 aromatic heterocycles. The number of unbranched alkanes of at least 4 members (excludes halogenated alkanes) is 1. The van der Waals surface area contributed by atoms with Gasteiger partial charge in [-0.2, -0.15) is 4.31 Å². The number of halogens is 2. The largest absolute Gasteiger partial charge is 0.354 e. The Hall–Kier alpha value is -2.13. The molecular weight excluding hydrogens is 509 g/mol. The lowest BCUT2D eigenvalue weighted by molar-refractivity contribution is -0.141. The van der Waals surface area contributed by atoms with Crippen LogP contribution in [0.25, 0.3) is 0 Å². The van der Waals surface area contributed by atoms with Crippen LogP contribution in [0.4, 0.5) is 0 Å². The third-order valence-corrected chi connectivity index (χ3v) is 8.06. The maximum atomic E-state index is 13.5. The molecule has 192 valence electrons. The first-order valence-electron chi connectivity index (χ1n) is 11.5. The molecule has 0 fully saturated rings. The predicted molar refractivity (Wildman–Crippen MR) is 140 cm³/mol. The number of carbonyl (C=O) groups excluding carboxylic acids is 2. The highest BCUT2D eigenvalue weighted by Gasteiger charge is 2.32. The van der Waals surface area contributed by atoms with Gasteiger partial charge < -0.3 is 10.2 Å². The molecule has 2 rings (SSSR count). The summed E-state index contributed by atoms with van der Waals surface area (Å²) < 4.78 is 27.1. The van der Waals surface area contributed by atoms with Crippen molar-refractivity contribution >= 4 is 45.0 Å². The lowest BCUT2D eigenvalue weighted by Gasteiger charge is -2.32. The molecular formula is C25H33Cl2N3O4S. The fourth-order valence-corrected chi connectivity index (χ4v) is 5.10. The SMILES string of the molecule is CCCCNC(=O)[C@@H](CC)N(Cc1ccc(Cl)cc1Cl)C(=O)CN(C)S(=O)(=O)c1ccc(C)cc1. The van der Waals surface area contributed by atoms with Crippen molar-refractivity contribution < 1.29 is 18.0 Å². The molecule has 0 aliphatic rings. The summed E-state index contributed by atoms with van der Waals surface area (Å²) >= 11 is 12.4. The van der Waals surface area contributed by atoms with E-state index in [0.29, 0.717) is 28.6 Å². The van der Waals surface area contributed by atoms with Crippen molar-refractivity contribution in [3.05, 3.63) is 63.6 Å². The molecule has 10 heteroatoms. The van der Waals surface area contributed by atoms with E-state index in [0.717, 1.165) is 22.7 Å². The number of aryl methyl sites for hydroxylation is 1. The molecule has 0 saturated heterocycles. The van der Waals surface area contributed by atoms with Crippen LogP contribution in [-0.2, 0) is 26.2 Å². The Morgan fingerprint density at radius 2 is 1.71 bits per heavy atom. The van der Waals surface area contributed by atoms with Crippen molar-refractivity contribution in [2.75, 3.05) is 20.1 Å². The van der Waals surface area contributed by atoms with Gasteiger partial charge in [-0.25, -0.2) is 8.42 Å². The number of likely N-dealkylation sites (N-methyl/N-ethyl adjacent to an activating group) is 1. The molecule has 0 heterocycles. The zero-order valence-electron chi connectivity index (χ0n) is 20.6. The summed E-state index contributed by atoms with van der Waals surface area (Å²) in [4.78, 5) is 27.9. The van der Waals surface area contributed by atoms with E-state index in [-0.39, 0.29) is 17.3 Å². The quantitative estimate of drug-likeness (QED) is 0.396. The van der Waals surface area contributed by atoms with Crippen molar-refractivity contribution in [3.8, 4) is 0 Å². The number of sulfonamides is 1. The van der Waals surface area contributed by atoms with Gasteiger partial charge in [0.2, 0.25) is 21.8 Å². The average molecular weight is 543 g/mol. The van der Waals surface area contributed by atoms with Crippen LogP contribution in [0.15, 0.2) is 47.4 Å². The molecule has 1 N–H and O–H groups in total. The third-order valence-electron chi connectivity index (χ3n) is 5.66. The Morgan fingerprint density at radius 1 is 1.06 bits per heavy atom. The van der Waals surface area contributed by atoms with Crippen LogP contribution in [0.2, 0.25) is 10.0 Å². The Labute approximate surface area is 218 Å². The first kappa shape index (κ1) is 29.1. The monoisotopic (exact) mass is 541 g/mol. The highest BCUT2D eigenvalue weighted by Crippen LogP contribution is 2.24. The van der Waals surface area contributed by atoms with Gasteiger partial charge in [-0.05, 0) is 49.6 Å². The Balaban J connectivity index is 2.33. The minimum Gasteiger partial charge on any atom is -0.354 e. The Kier molecular flexibility index (Phi) is 11.0. The van der Waals surface area contributed by atoms with Crippen molar-refractivity contribution in [1.29, 1.82) is 0 Å². The van der Waals surface area contributed by atoms with Gasteiger partial charge in [-0.1, -0.05) is 67.2 Å². The fraction of sp³-hybridized carbons (Fsp3) is 0.440. The number of nitrogens with one attached hydrogen (secondary N) is 1. The number of hydrogen-bond donors (Lipinski definition) is 1. The molecule has 2 amide bonds. The molecule has 2 aromatic rings. The van der Waals surface area contributed by atoms with Gasteiger partial charge in [0, 0.05) is 30.2 Å². The zero-order chi connectivity index (χ0) is 26.2. The molecule has 0 radical (unpaired) electrons. The summed E-state index contributed by atoms with van der Waals surface area (Å²) in [5, 5.41) is 3.68. The van der Waals surface area contributed by atoms with Crippen molar-refractivity contribution in [1.82, 2.24) is 14.5 Å². The van der Waals surface area contributed by atoms with Crippen LogP contribution in [0.3, 0.4) is 0 Å². The molecule has 2 aromatic carbocycles. The van der Waals surface area contributed by atoms with Gasteiger partial charge in [0.25, 0.3) is 0 Å². The van der Waals surface area contributed by atoms with Crippen LogP contribution >= 0.6 is 23.2 Å². The van der Waals surface area contributed by atoms with E-state index >= 15 is 0 Å². The van der Waals surface area contributed by atoms with E-state index < -0.39 is 28.5 Å². The third kappa shape index (κ3) is 7.93. The van der Waals surface area contributed by atoms with E-state index in [4.69, 9.17) is 23.2 Å². The summed E-state index contributed by atoms with van der Waals surface area (Å²) in [6.45, 7) is 5.79. The Bertz CT molecular complexity index is 1120. The topological polar surface area (TPSA) is 86.8 Å². The van der Waals surface area contributed by atoms with Crippen LogP contribution in [0, 0.1) is 6.92 Å². The Morgan fingerprint density at radius 3 is 2.29 bits per heavy atom. The second kappa shape index (κ2) is 13.3. The zero-order valence-corrected chi connectivity index (χ0v) is 22.9. The maximum absolute atomic E-state index is 13.5. The minimum atomic E-state index is -3.90. The van der Waals surface area contributed by atoms with Crippen molar-refractivity contribution in [2.24, 2.45) is 0 Å². The van der Waals surface area contributed by atoms with Gasteiger partial charge in [-0.3, -0.25) is 9.59 Å². The number of hydrogen-bond acceptors (Lipinski definition) is 4. The van der Waals surface area contributed by atoms with E-state index in [9.17, 15) is 18.0 Å². The summed E-state index contributed by atoms with van der Waals surface area (Å²) in [5.41, 5.74) is 1.53. The highest BCUT2D eigenvalue weighted by atomic mass is 35.5. The summed E-state index contributed by atoms with van der Waals surface area (Å²) in [6.07, 6.45) is 2.09. The normalized spacial score (nSPS) is 12.4. The molecule has 0 aliphatic heterocycles. The van der Waals surface area contributed by atoms with Gasteiger partial charge >= 0.3 is 0 Å². The number of benzene rings is 2. The minimum absolute atomic E-state index is 0.0347. The van der Waals surface area contributed by atoms with Crippen LogP contribution in [0.1, 0.15) is 44.2 Å². The smallest absolute Gasteiger partial charge is 0.243 e. The predicted octanol–water partition coefficient (Wildman–Crippen LogP) is 4.65. The molecule has 35 heavy (non-hydrogen) atoms. The molecule has 0 aliphatic carbocycles. The standard InChI is InChI=1S/C25H33Cl2N3O4S/c1-5-7-14-28-25(32)23(6-2)30(16-19-10-11-20(26)15-22(19)27)24(31)17-29(4)35(33,34)21-12-8-18(3)9-13-21/h8-13,15,23H,5-7,14,16-17H2,1-4H3,(H,28,32)/t23-/m1/s1. The van der Waals surface area contributed by atoms with E-state index in [1.807, 2.05) is 13.8 Å². The first-order valence-corrected chi connectivity index (χ1v) is 13.7. The van der Waals surface area contributed by atoms with Gasteiger partial charge in [-0.15, -0.1) is 0 Å². The summed E-state index contributed by atoms with van der Waals surface area (Å²) in [5.74, 6) is -0.796. The number of nitrogens with zero attached hydrogens (tertiary/aromatic N) is 2. The molecule has 0 bridgehead atoms. The average Bonchev–Trinajstić information content (AvgIpc) is 2.80. The number of carbonyl (C=O) groups is 2. The molecule has 0 spiro atoms. The number of rotatable bonds is 12. The molecule has 0 unspecified atom stereocenters. The lowest BCUT2D eigenvalue weighted by Crippen LogP contribution is -2.51. The lowest BCUT2D eigenvalue weighted by atomic mass is 10.1. The fourth-order valence-electron chi connectivity index (χ4n) is 3.52. The van der Waals surface area contributed by atoms with Crippen molar-refractivity contribution in [2.45, 2.75) is 57.5 Å². The summed E-state index contributed by atoms with van der Waals surface area (Å²) in [7, 11) is -2.55. The van der Waals surface area contributed by atoms with E-state index in [2.05, 4.69) is 5.32 Å². The molecule has 7 nitrogen and oxygen atoms in total. The summed E-state index contributed by atoms with van der Waals surface area (Å²) in [6, 6.07) is 10.5. The van der Waals surface area contributed by atoms with E-state index in [1.54, 1.807) is 37.3 Å². The molecule has 0 saturated carbocycles. The second-order valence-corrected chi connectivity index (χ2v) is 11.3. The van der Waals surface area contributed by atoms with Crippen LogP contribution < -0.4 is 5.32 Å². The van der Waals surface area contributed by atoms with Crippen LogP contribution in [0.5, 0.6) is 0 Å². The highest BCUT2D eigenvalue weighted by molar-refractivity contribution is 7.89.